The molecule has 0 aliphatic heterocycles. The van der Waals surface area contributed by atoms with Crippen molar-refractivity contribution in [1.29, 1.82) is 0 Å². The van der Waals surface area contributed by atoms with Gasteiger partial charge in [-0.1, -0.05) is 13.8 Å². The van der Waals surface area contributed by atoms with E-state index in [1.165, 1.54) is 0 Å². The number of rotatable bonds is 4. The highest BCUT2D eigenvalue weighted by atomic mass is 79.9. The van der Waals surface area contributed by atoms with Gasteiger partial charge in [0.2, 0.25) is 5.91 Å². The first-order valence-electron chi connectivity index (χ1n) is 5.91. The molecular formula is C12H18BrN3O2. The molecule has 0 aromatic carbocycles. The number of aromatic nitrogens is 1. The number of nitrogens with one attached hydrogen (secondary N) is 2. The maximum atomic E-state index is 11.8. The molecule has 0 bridgehead atoms. The van der Waals surface area contributed by atoms with Gasteiger partial charge in [-0.05, 0) is 34.8 Å². The van der Waals surface area contributed by atoms with E-state index in [0.717, 1.165) is 17.3 Å². The Balaban J connectivity index is 2.56. The highest BCUT2D eigenvalue weighted by Gasteiger charge is 2.16. The zero-order valence-electron chi connectivity index (χ0n) is 10.8. The lowest BCUT2D eigenvalue weighted by Crippen LogP contribution is -2.44. The van der Waals surface area contributed by atoms with Crippen LogP contribution in [-0.2, 0) is 11.8 Å². The minimum atomic E-state index is -0.331. The van der Waals surface area contributed by atoms with Crippen molar-refractivity contribution in [2.45, 2.75) is 26.7 Å². The quantitative estimate of drug-likeness (QED) is 0.835. The molecule has 0 unspecified atom stereocenters. The average Bonchev–Trinajstić information content (AvgIpc) is 2.67. The van der Waals surface area contributed by atoms with Gasteiger partial charge in [0.15, 0.2) is 0 Å². The second kappa shape index (κ2) is 6.58. The van der Waals surface area contributed by atoms with Gasteiger partial charge < -0.3 is 4.57 Å². The van der Waals surface area contributed by atoms with E-state index in [0.29, 0.717) is 5.69 Å². The van der Waals surface area contributed by atoms with Crippen LogP contribution in [0, 0.1) is 5.92 Å². The van der Waals surface area contributed by atoms with E-state index in [-0.39, 0.29) is 17.7 Å². The summed E-state index contributed by atoms with van der Waals surface area (Å²) in [5.74, 6) is -0.547. The normalized spacial score (nSPS) is 10.5. The van der Waals surface area contributed by atoms with Crippen LogP contribution in [0.3, 0.4) is 0 Å². The molecule has 0 radical (unpaired) electrons. The summed E-state index contributed by atoms with van der Waals surface area (Å²) >= 11 is 3.29. The first kappa shape index (κ1) is 14.8. The molecular weight excluding hydrogens is 298 g/mol. The van der Waals surface area contributed by atoms with Crippen molar-refractivity contribution < 1.29 is 9.59 Å². The van der Waals surface area contributed by atoms with Crippen molar-refractivity contribution in [3.63, 3.8) is 0 Å². The molecule has 5 nitrogen and oxygen atoms in total. The smallest absolute Gasteiger partial charge is 0.286 e. The van der Waals surface area contributed by atoms with Gasteiger partial charge >= 0.3 is 0 Å². The number of hydrogen-bond acceptors (Lipinski definition) is 2. The summed E-state index contributed by atoms with van der Waals surface area (Å²) in [6.07, 6.45) is 3.29. The van der Waals surface area contributed by atoms with E-state index < -0.39 is 0 Å². The molecule has 0 spiro atoms. The molecule has 1 aromatic heterocycles. The number of carbonyl (C=O) groups excluding carboxylic acids is 2. The second-order valence-corrected chi connectivity index (χ2v) is 5.03. The Bertz CT molecular complexity index is 439. The maximum absolute atomic E-state index is 11.8. The largest absolute Gasteiger partial charge is 0.345 e. The van der Waals surface area contributed by atoms with Crippen LogP contribution in [0.4, 0.5) is 0 Å². The van der Waals surface area contributed by atoms with E-state index in [2.05, 4.69) is 26.8 Å². The van der Waals surface area contributed by atoms with Crippen molar-refractivity contribution >= 4 is 27.7 Å². The van der Waals surface area contributed by atoms with E-state index >= 15 is 0 Å². The fourth-order valence-corrected chi connectivity index (χ4v) is 2.22. The lowest BCUT2D eigenvalue weighted by atomic mass is 10.0. The number of nitrogens with zero attached hydrogens (tertiary/aromatic N) is 1. The third-order valence-electron chi connectivity index (χ3n) is 2.86. The first-order valence-corrected chi connectivity index (χ1v) is 6.70. The fourth-order valence-electron chi connectivity index (χ4n) is 1.69. The minimum Gasteiger partial charge on any atom is -0.345 e. The summed E-state index contributed by atoms with van der Waals surface area (Å²) in [5, 5.41) is 0. The number of hydrogen-bond donors (Lipinski definition) is 2. The Morgan fingerprint density at radius 2 is 1.94 bits per heavy atom. The summed E-state index contributed by atoms with van der Waals surface area (Å²) < 4.78 is 2.50. The lowest BCUT2D eigenvalue weighted by molar-refractivity contribution is -0.126. The van der Waals surface area contributed by atoms with Gasteiger partial charge in [-0.15, -0.1) is 0 Å². The summed E-state index contributed by atoms with van der Waals surface area (Å²) in [6.45, 7) is 3.90. The van der Waals surface area contributed by atoms with Gasteiger partial charge in [-0.25, -0.2) is 0 Å². The van der Waals surface area contributed by atoms with Crippen molar-refractivity contribution in [3.8, 4) is 0 Å². The fraction of sp³-hybridized carbons (Fsp3) is 0.500. The summed E-state index contributed by atoms with van der Waals surface area (Å²) in [5.41, 5.74) is 5.35. The molecule has 1 aromatic rings. The molecule has 6 heteroatoms. The van der Waals surface area contributed by atoms with Crippen LogP contribution in [0.2, 0.25) is 0 Å². The van der Waals surface area contributed by atoms with Gasteiger partial charge in [0.05, 0.1) is 0 Å². The number of carbonyl (C=O) groups is 2. The molecule has 100 valence electrons. The lowest BCUT2D eigenvalue weighted by Gasteiger charge is -2.13. The Morgan fingerprint density at radius 1 is 1.33 bits per heavy atom. The number of hydrazine groups is 1. The number of aryl methyl sites for hydroxylation is 1. The topological polar surface area (TPSA) is 63.1 Å². The van der Waals surface area contributed by atoms with E-state index in [4.69, 9.17) is 0 Å². The molecule has 0 saturated carbocycles. The highest BCUT2D eigenvalue weighted by Crippen LogP contribution is 2.13. The number of halogens is 1. The zero-order chi connectivity index (χ0) is 13.7. The number of amides is 2. The average molecular weight is 316 g/mol. The van der Waals surface area contributed by atoms with Crippen LogP contribution in [0.15, 0.2) is 16.7 Å². The van der Waals surface area contributed by atoms with Crippen LogP contribution >= 0.6 is 15.9 Å². The SMILES string of the molecule is CCC(CC)C(=O)NNC(=O)c1cc(Br)cn1C. The molecule has 18 heavy (non-hydrogen) atoms. The Hall–Kier alpha value is -1.30. The molecule has 0 atom stereocenters. The van der Waals surface area contributed by atoms with Crippen molar-refractivity contribution in [2.24, 2.45) is 13.0 Å². The molecule has 0 saturated heterocycles. The minimum absolute atomic E-state index is 0.0644. The maximum Gasteiger partial charge on any atom is 0.286 e. The van der Waals surface area contributed by atoms with Crippen LogP contribution in [-0.4, -0.2) is 16.4 Å². The first-order chi connectivity index (χ1) is 8.49. The third-order valence-corrected chi connectivity index (χ3v) is 3.29. The standard InChI is InChI=1S/C12H18BrN3O2/c1-4-8(5-2)11(17)14-15-12(18)10-6-9(13)7-16(10)3/h6-8H,4-5H2,1-3H3,(H,14,17)(H,15,18). The van der Waals surface area contributed by atoms with Crippen LogP contribution in [0.5, 0.6) is 0 Å². The molecule has 0 aliphatic rings. The van der Waals surface area contributed by atoms with Gasteiger partial charge in [-0.2, -0.15) is 0 Å². The van der Waals surface area contributed by atoms with Crippen molar-refractivity contribution in [2.75, 3.05) is 0 Å². The van der Waals surface area contributed by atoms with Crippen molar-refractivity contribution in [3.05, 3.63) is 22.4 Å². The van der Waals surface area contributed by atoms with Crippen LogP contribution in [0.25, 0.3) is 0 Å². The monoisotopic (exact) mass is 315 g/mol. The van der Waals surface area contributed by atoms with Gasteiger partial charge in [0.1, 0.15) is 5.69 Å². The van der Waals surface area contributed by atoms with Gasteiger partial charge in [0, 0.05) is 23.6 Å². The molecule has 2 N–H and O–H groups in total. The van der Waals surface area contributed by atoms with Crippen LogP contribution < -0.4 is 10.9 Å². The van der Waals surface area contributed by atoms with E-state index in [1.54, 1.807) is 23.9 Å². The summed E-state index contributed by atoms with van der Waals surface area (Å²) in [4.78, 5) is 23.5. The molecule has 1 heterocycles. The Kier molecular flexibility index (Phi) is 5.40. The summed E-state index contributed by atoms with van der Waals surface area (Å²) in [7, 11) is 1.77. The Morgan fingerprint density at radius 3 is 2.39 bits per heavy atom. The van der Waals surface area contributed by atoms with Crippen LogP contribution in [0.1, 0.15) is 37.2 Å². The summed E-state index contributed by atoms with van der Waals surface area (Å²) in [6, 6.07) is 1.69. The van der Waals surface area contributed by atoms with Crippen molar-refractivity contribution in [1.82, 2.24) is 15.4 Å². The van der Waals surface area contributed by atoms with Gasteiger partial charge in [-0.3, -0.25) is 20.4 Å². The second-order valence-electron chi connectivity index (χ2n) is 4.11. The highest BCUT2D eigenvalue weighted by molar-refractivity contribution is 9.10. The third kappa shape index (κ3) is 3.60. The molecule has 0 fully saturated rings. The predicted octanol–water partition coefficient (Wildman–Crippen LogP) is 1.98. The predicted molar refractivity (Wildman–Crippen MR) is 72.8 cm³/mol. The van der Waals surface area contributed by atoms with E-state index in [9.17, 15) is 9.59 Å². The molecule has 2 amide bonds. The molecule has 0 aliphatic carbocycles. The van der Waals surface area contributed by atoms with Gasteiger partial charge in [0.25, 0.3) is 5.91 Å². The zero-order valence-corrected chi connectivity index (χ0v) is 12.4. The van der Waals surface area contributed by atoms with E-state index in [1.807, 2.05) is 13.8 Å². The Labute approximate surface area is 115 Å². The molecule has 1 rings (SSSR count).